The zero-order valence-electron chi connectivity index (χ0n) is 7.35. The zero-order chi connectivity index (χ0) is 4.71. The van der Waals surface area contributed by atoms with E-state index in [4.69, 9.17) is 7.16 Å². The molecule has 0 spiro atoms. The quantitative estimate of drug-likeness (QED) is 0.282. The van der Waals surface area contributed by atoms with E-state index < -0.39 is 18.9 Å². The molecule has 0 atom stereocenters. The van der Waals surface area contributed by atoms with Crippen LogP contribution in [-0.2, 0) is 329 Å². The van der Waals surface area contributed by atoms with Gasteiger partial charge in [-0.25, -0.2) is 0 Å². The Balaban J connectivity index is -0.000000000452. The van der Waals surface area contributed by atoms with Crippen molar-refractivity contribution in [2.75, 3.05) is 0 Å². The van der Waals surface area contributed by atoms with E-state index in [0.29, 0.717) is 0 Å². The number of hydrogen-bond donors (Lipinski definition) is 0. The van der Waals surface area contributed by atoms with Gasteiger partial charge >= 0.3 is 58.5 Å². The van der Waals surface area contributed by atoms with E-state index >= 15 is 0 Å². The molecule has 0 aromatic rings. The third kappa shape index (κ3) is 153. The minimum absolute atomic E-state index is 0. The van der Waals surface area contributed by atoms with Gasteiger partial charge in [-0.15, -0.1) is 0 Å². The van der Waals surface area contributed by atoms with E-state index in [1.807, 2.05) is 32.4 Å². The molecule has 0 unspecified atom stereocenters. The molecule has 0 aliphatic carbocycles. The van der Waals surface area contributed by atoms with Crippen molar-refractivity contribution in [3.8, 4) is 0 Å². The Kier molecular flexibility index (Phi) is 934. The molecular formula is Mo16O2-. The normalized spacial score (nSPS) is 0.944. The van der Waals surface area contributed by atoms with Gasteiger partial charge in [-0.2, -0.15) is 0 Å². The van der Waals surface area contributed by atoms with Crippen LogP contribution in [-0.4, -0.2) is 0 Å². The van der Waals surface area contributed by atoms with E-state index in [1.54, 1.807) is 0 Å². The van der Waals surface area contributed by atoms with Gasteiger partial charge < -0.3 is 0 Å². The summed E-state index contributed by atoms with van der Waals surface area (Å²) in [6.07, 6.45) is 0. The molecule has 0 amide bonds. The van der Waals surface area contributed by atoms with Crippen LogP contribution in [0.2, 0.25) is 0 Å². The number of hydrogen-bond acceptors (Lipinski definition) is 2. The second kappa shape index (κ2) is 144. The van der Waals surface area contributed by atoms with Crippen LogP contribution in [0.5, 0.6) is 0 Å². The van der Waals surface area contributed by atoms with Gasteiger partial charge in [-0.05, 0) is 0 Å². The van der Waals surface area contributed by atoms with E-state index in [1.165, 1.54) is 0 Å². The van der Waals surface area contributed by atoms with Crippen LogP contribution >= 0.6 is 0 Å². The molecule has 0 bridgehead atoms. The molecule has 0 rings (SSSR count). The van der Waals surface area contributed by atoms with Crippen LogP contribution < -0.4 is 3.76 Å². The summed E-state index contributed by atoms with van der Waals surface area (Å²) in [5.74, 6) is 0. The van der Waals surface area contributed by atoms with Crippen LogP contribution in [0.3, 0.4) is 0 Å². The molecule has 0 fully saturated rings. The molecule has 109 valence electrons. The predicted molar refractivity (Wildman–Crippen MR) is 0.686 cm³/mol. The van der Waals surface area contributed by atoms with Crippen molar-refractivity contribution in [3.63, 3.8) is 0 Å². The van der Waals surface area contributed by atoms with Crippen LogP contribution in [0.15, 0.2) is 0 Å². The fraction of sp³-hybridized carbons (Fsp3) is 0. The zero-order valence-corrected chi connectivity index (χ0v) is 39.5. The Morgan fingerprint density at radius 1 is 0.500 bits per heavy atom. The van der Waals surface area contributed by atoms with Gasteiger partial charge in [0.25, 0.3) is 0 Å². The van der Waals surface area contributed by atoms with Crippen LogP contribution in [0.4, 0.5) is 0 Å². The second-order valence-corrected chi connectivity index (χ2v) is 0.403. The maximum atomic E-state index is 8.50. The molecule has 0 aliphatic rings. The van der Waals surface area contributed by atoms with Crippen molar-refractivity contribution in [2.24, 2.45) is 0 Å². The summed E-state index contributed by atoms with van der Waals surface area (Å²) in [4.78, 5) is 0. The molecule has 0 aliphatic heterocycles. The summed E-state index contributed by atoms with van der Waals surface area (Å²) < 4.78 is 17.0. The van der Waals surface area contributed by atoms with E-state index in [-0.39, 0.29) is 274 Å². The summed E-state index contributed by atoms with van der Waals surface area (Å²) in [7, 11) is 0. The molecular weight excluding hydrogens is 1570 g/mol. The first-order chi connectivity index (χ1) is 2.41. The minimum atomic E-state index is -2.03. The Morgan fingerprint density at radius 3 is 0.500 bits per heavy atom. The summed E-state index contributed by atoms with van der Waals surface area (Å²) in [5.41, 5.74) is 0. The van der Waals surface area contributed by atoms with Crippen molar-refractivity contribution in [3.05, 3.63) is 0 Å². The van der Waals surface area contributed by atoms with Crippen LogP contribution in [0.1, 0.15) is 0 Å². The fourth-order valence-corrected chi connectivity index (χ4v) is 0. The Morgan fingerprint density at radius 2 is 0.500 bits per heavy atom. The molecule has 0 aromatic carbocycles. The van der Waals surface area contributed by atoms with Crippen LogP contribution in [0.25, 0.3) is 0 Å². The van der Waals surface area contributed by atoms with Crippen molar-refractivity contribution < 1.29 is 332 Å². The molecule has 0 saturated carbocycles. The first-order valence-electron chi connectivity index (χ1n) is 0.500. The molecule has 18 heavy (non-hydrogen) atoms. The topological polar surface area (TPSA) is 40.1 Å². The number of rotatable bonds is 0. The summed E-state index contributed by atoms with van der Waals surface area (Å²) in [6, 6.07) is 0. The van der Waals surface area contributed by atoms with Crippen LogP contribution in [0, 0.1) is 0 Å². The SMILES string of the molecule is [Mo].[Mo].[Mo].[Mo].[Mo].[Mo].[Mo].[Mo].[Mo].[Mo].[Mo].[Mo].[Mo].[Mo]=[Mo].[O]=[Mo][O-]. The third-order valence-corrected chi connectivity index (χ3v) is 0. The predicted octanol–water partition coefficient (Wildman–Crippen LogP) is -1.35. The van der Waals surface area contributed by atoms with Gasteiger partial charge in [0.1, 0.15) is 0 Å². The Labute approximate surface area is 323 Å². The van der Waals surface area contributed by atoms with Crippen molar-refractivity contribution in [1.82, 2.24) is 0 Å². The van der Waals surface area contributed by atoms with Gasteiger partial charge in [0.15, 0.2) is 0 Å². The Bertz CT molecular complexity index is 23.1. The maximum absolute atomic E-state index is 8.50. The molecule has 0 N–H and O–H groups in total. The van der Waals surface area contributed by atoms with E-state index in [2.05, 4.69) is 0 Å². The standard InChI is InChI=1S/16Mo.2O/q;;;;;;;;;;;;;;;;;-1. The summed E-state index contributed by atoms with van der Waals surface area (Å²) in [6.45, 7) is 0. The Hall–Kier alpha value is 10.8. The van der Waals surface area contributed by atoms with E-state index in [0.717, 1.165) is 0 Å². The molecule has 0 aromatic heterocycles. The summed E-state index contributed by atoms with van der Waals surface area (Å²) in [5, 5.41) is 0. The molecule has 0 radical (unpaired) electrons. The van der Waals surface area contributed by atoms with Crippen molar-refractivity contribution >= 4 is 0 Å². The first kappa shape index (κ1) is 117. The molecule has 0 heterocycles. The summed E-state index contributed by atoms with van der Waals surface area (Å²) >= 11 is 1.89. The molecule has 2 nitrogen and oxygen atoms in total. The first-order valence-corrected chi connectivity index (χ1v) is 7.81. The third-order valence-electron chi connectivity index (χ3n) is 0. The van der Waals surface area contributed by atoms with Crippen molar-refractivity contribution in [2.45, 2.75) is 0 Å². The average molecular weight is 1570 g/mol. The van der Waals surface area contributed by atoms with Gasteiger partial charge in [-0.1, -0.05) is 0 Å². The molecule has 18 heteroatoms. The van der Waals surface area contributed by atoms with Crippen molar-refractivity contribution in [1.29, 1.82) is 0 Å². The van der Waals surface area contributed by atoms with Gasteiger partial charge in [0.05, 0.1) is 0 Å². The second-order valence-electron chi connectivity index (χ2n) is 0.0680. The monoisotopic (exact) mass is 1600 g/mol. The molecule has 0 saturated heterocycles. The fourth-order valence-electron chi connectivity index (χ4n) is 0. The van der Waals surface area contributed by atoms with Gasteiger partial charge in [0, 0.05) is 274 Å². The van der Waals surface area contributed by atoms with E-state index in [9.17, 15) is 0 Å². The van der Waals surface area contributed by atoms with Gasteiger partial charge in [-0.3, -0.25) is 0 Å². The average Bonchev–Trinajstić information content (AvgIpc) is 1.46. The van der Waals surface area contributed by atoms with Gasteiger partial charge in [0.2, 0.25) is 0 Å².